The summed E-state index contributed by atoms with van der Waals surface area (Å²) < 4.78 is 0. The molecule has 2 heteroatoms. The van der Waals surface area contributed by atoms with Crippen LogP contribution >= 0.6 is 0 Å². The molecule has 0 N–H and O–H groups in total. The van der Waals surface area contributed by atoms with Crippen LogP contribution in [0, 0.1) is 0 Å². The summed E-state index contributed by atoms with van der Waals surface area (Å²) in [5, 5.41) is 0. The molecule has 0 fully saturated rings. The van der Waals surface area contributed by atoms with Gasteiger partial charge in [-0.2, -0.15) is 0 Å². The van der Waals surface area contributed by atoms with Crippen LogP contribution in [0.15, 0.2) is 0 Å². The Hall–Kier alpha value is -0.0800. The quantitative estimate of drug-likeness (QED) is 0.569. The van der Waals surface area contributed by atoms with E-state index in [1.165, 1.54) is 52.0 Å². The van der Waals surface area contributed by atoms with Crippen LogP contribution < -0.4 is 0 Å². The maximum absolute atomic E-state index is 2.47. The van der Waals surface area contributed by atoms with Crippen LogP contribution in [-0.2, 0) is 0 Å². The molecule has 0 aliphatic rings. The van der Waals surface area contributed by atoms with Gasteiger partial charge in [-0.25, -0.2) is 0 Å². The van der Waals surface area contributed by atoms with Gasteiger partial charge in [0.05, 0.1) is 0 Å². The molecule has 2 nitrogen and oxygen atoms in total. The van der Waals surface area contributed by atoms with E-state index in [-0.39, 0.29) is 0 Å². The maximum Gasteiger partial charge on any atom is 0.00640 e. The third-order valence-corrected chi connectivity index (χ3v) is 3.75. The van der Waals surface area contributed by atoms with Crippen LogP contribution in [0.5, 0.6) is 0 Å². The lowest BCUT2D eigenvalue weighted by molar-refractivity contribution is 0.226. The third kappa shape index (κ3) is 16.0. The van der Waals surface area contributed by atoms with Crippen molar-refractivity contribution in [1.29, 1.82) is 0 Å². The van der Waals surface area contributed by atoms with Gasteiger partial charge < -0.3 is 9.80 Å². The average Bonchev–Trinajstić information content (AvgIpc) is 2.52. The molecule has 0 rings (SSSR count). The SMILES string of the molecule is CC.CCC(C)N(CC)CC.CCCCN(CC)CC. The van der Waals surface area contributed by atoms with E-state index in [2.05, 4.69) is 58.3 Å². The third-order valence-electron chi connectivity index (χ3n) is 3.75. The first-order chi connectivity index (χ1) is 9.60. The first-order valence-corrected chi connectivity index (χ1v) is 9.07. The van der Waals surface area contributed by atoms with Crippen molar-refractivity contribution in [1.82, 2.24) is 9.80 Å². The fourth-order valence-corrected chi connectivity index (χ4v) is 2.03. The second-order valence-corrected chi connectivity index (χ2v) is 4.86. The van der Waals surface area contributed by atoms with E-state index < -0.39 is 0 Å². The fraction of sp³-hybridized carbons (Fsp3) is 1.00. The molecule has 20 heavy (non-hydrogen) atoms. The van der Waals surface area contributed by atoms with E-state index in [4.69, 9.17) is 0 Å². The molecule has 0 aromatic heterocycles. The van der Waals surface area contributed by atoms with Crippen LogP contribution in [0.4, 0.5) is 0 Å². The molecule has 0 spiro atoms. The molecule has 0 radical (unpaired) electrons. The van der Waals surface area contributed by atoms with Gasteiger partial charge in [0, 0.05) is 6.04 Å². The van der Waals surface area contributed by atoms with E-state index in [1.54, 1.807) is 0 Å². The Morgan fingerprint density at radius 2 is 1.20 bits per heavy atom. The number of unbranched alkanes of at least 4 members (excludes halogenated alkanes) is 1. The van der Waals surface area contributed by atoms with Crippen LogP contribution in [0.3, 0.4) is 0 Å². The molecule has 0 heterocycles. The van der Waals surface area contributed by atoms with Crippen molar-refractivity contribution in [3.8, 4) is 0 Å². The predicted molar refractivity (Wildman–Crippen MR) is 96.7 cm³/mol. The van der Waals surface area contributed by atoms with Crippen molar-refractivity contribution in [2.24, 2.45) is 0 Å². The second kappa shape index (κ2) is 21.2. The van der Waals surface area contributed by atoms with Crippen LogP contribution in [0.1, 0.15) is 81.6 Å². The van der Waals surface area contributed by atoms with E-state index in [9.17, 15) is 0 Å². The van der Waals surface area contributed by atoms with Crippen molar-refractivity contribution in [2.45, 2.75) is 87.6 Å². The zero-order valence-corrected chi connectivity index (χ0v) is 16.1. The summed E-state index contributed by atoms with van der Waals surface area (Å²) in [6.45, 7) is 25.7. The minimum Gasteiger partial charge on any atom is -0.304 e. The number of hydrogen-bond acceptors (Lipinski definition) is 2. The molecule has 0 aromatic carbocycles. The van der Waals surface area contributed by atoms with Crippen molar-refractivity contribution in [3.63, 3.8) is 0 Å². The fourth-order valence-electron chi connectivity index (χ4n) is 2.03. The molecule has 1 unspecified atom stereocenters. The van der Waals surface area contributed by atoms with Gasteiger partial charge in [0.2, 0.25) is 0 Å². The van der Waals surface area contributed by atoms with Crippen LogP contribution in [0.25, 0.3) is 0 Å². The van der Waals surface area contributed by atoms with Gasteiger partial charge in [0.25, 0.3) is 0 Å². The van der Waals surface area contributed by atoms with Gasteiger partial charge in [0.1, 0.15) is 0 Å². The highest BCUT2D eigenvalue weighted by Crippen LogP contribution is 2.00. The highest BCUT2D eigenvalue weighted by molar-refractivity contribution is 4.60. The van der Waals surface area contributed by atoms with Crippen molar-refractivity contribution < 1.29 is 0 Å². The van der Waals surface area contributed by atoms with Crippen molar-refractivity contribution in [3.05, 3.63) is 0 Å². The summed E-state index contributed by atoms with van der Waals surface area (Å²) in [7, 11) is 0. The summed E-state index contributed by atoms with van der Waals surface area (Å²) in [6, 6.07) is 0.764. The molecule has 0 bridgehead atoms. The Bertz CT molecular complexity index is 140. The Balaban J connectivity index is -0.000000257. The molecule has 1 atom stereocenters. The highest BCUT2D eigenvalue weighted by atomic mass is 15.1. The summed E-state index contributed by atoms with van der Waals surface area (Å²) in [4.78, 5) is 4.93. The number of hydrogen-bond donors (Lipinski definition) is 0. The van der Waals surface area contributed by atoms with Crippen molar-refractivity contribution in [2.75, 3.05) is 32.7 Å². The van der Waals surface area contributed by atoms with E-state index in [0.717, 1.165) is 6.04 Å². The van der Waals surface area contributed by atoms with Gasteiger partial charge in [-0.3, -0.25) is 0 Å². The first-order valence-electron chi connectivity index (χ1n) is 9.07. The van der Waals surface area contributed by atoms with E-state index >= 15 is 0 Å². The van der Waals surface area contributed by atoms with Gasteiger partial charge in [-0.15, -0.1) is 0 Å². The molecule has 126 valence electrons. The zero-order chi connectivity index (χ0) is 16.4. The second-order valence-electron chi connectivity index (χ2n) is 4.86. The van der Waals surface area contributed by atoms with E-state index in [1.807, 2.05) is 13.8 Å². The summed E-state index contributed by atoms with van der Waals surface area (Å²) in [6.07, 6.45) is 3.93. The summed E-state index contributed by atoms with van der Waals surface area (Å²) >= 11 is 0. The molecule has 0 saturated carbocycles. The van der Waals surface area contributed by atoms with Gasteiger partial charge in [-0.1, -0.05) is 61.8 Å². The number of nitrogens with zero attached hydrogens (tertiary/aromatic N) is 2. The standard InChI is InChI=1S/2C8H19N.C2H6/c1-5-8(4)9(6-2)7-3;1-4-7-8-9(5-2)6-3;1-2/h8H,5-7H2,1-4H3;4-8H2,1-3H3;1-2H3. The van der Waals surface area contributed by atoms with Gasteiger partial charge in [-0.05, 0) is 52.5 Å². The maximum atomic E-state index is 2.47. The normalized spacial score (nSPS) is 11.6. The Labute approximate surface area is 130 Å². The lowest BCUT2D eigenvalue weighted by atomic mass is 10.2. The van der Waals surface area contributed by atoms with Crippen LogP contribution in [-0.4, -0.2) is 48.6 Å². The topological polar surface area (TPSA) is 6.48 Å². The molecule has 0 aromatic rings. The molecule has 0 aliphatic carbocycles. The summed E-state index contributed by atoms with van der Waals surface area (Å²) in [5.74, 6) is 0. The van der Waals surface area contributed by atoms with E-state index in [0.29, 0.717) is 0 Å². The molecular formula is C18H44N2. The lowest BCUT2D eigenvalue weighted by Gasteiger charge is -2.24. The Kier molecular flexibility index (Phi) is 26.4. The lowest BCUT2D eigenvalue weighted by Crippen LogP contribution is -2.31. The monoisotopic (exact) mass is 288 g/mol. The molecule has 0 amide bonds. The smallest absolute Gasteiger partial charge is 0.00640 e. The summed E-state index contributed by atoms with van der Waals surface area (Å²) in [5.41, 5.74) is 0. The van der Waals surface area contributed by atoms with Gasteiger partial charge >= 0.3 is 0 Å². The average molecular weight is 289 g/mol. The first kappa shape index (κ1) is 24.9. The highest BCUT2D eigenvalue weighted by Gasteiger charge is 2.05. The molecular weight excluding hydrogens is 244 g/mol. The van der Waals surface area contributed by atoms with Crippen molar-refractivity contribution >= 4 is 0 Å². The zero-order valence-electron chi connectivity index (χ0n) is 16.1. The Morgan fingerprint density at radius 3 is 1.40 bits per heavy atom. The minimum absolute atomic E-state index is 0.764. The predicted octanol–water partition coefficient (Wildman–Crippen LogP) is 5.28. The Morgan fingerprint density at radius 1 is 0.750 bits per heavy atom. The van der Waals surface area contributed by atoms with Gasteiger partial charge in [0.15, 0.2) is 0 Å². The molecule has 0 aliphatic heterocycles. The number of rotatable bonds is 9. The minimum atomic E-state index is 0.764. The van der Waals surface area contributed by atoms with Crippen LogP contribution in [0.2, 0.25) is 0 Å². The molecule has 0 saturated heterocycles. The largest absolute Gasteiger partial charge is 0.304 e.